The molecule has 0 aliphatic heterocycles. The standard InChI is InChI=1S/C24H33NO3S/c1-18(2)16-25(24-14-9-19(3)15-20(24)4)29(26,27)23-12-10-22(11-13-23)28-17-21-7-5-6-8-21/h9-15,18,21H,5-8,16-17H2,1-4H3. The van der Waals surface area contributed by atoms with Crippen molar-refractivity contribution in [2.24, 2.45) is 11.8 Å². The SMILES string of the molecule is Cc1ccc(N(CC(C)C)S(=O)(=O)c2ccc(OCC3CCCC3)cc2)c(C)c1. The highest BCUT2D eigenvalue weighted by Gasteiger charge is 2.27. The maximum absolute atomic E-state index is 13.5. The van der Waals surface area contributed by atoms with Gasteiger partial charge in [-0.1, -0.05) is 44.4 Å². The normalized spacial score (nSPS) is 15.1. The molecule has 29 heavy (non-hydrogen) atoms. The summed E-state index contributed by atoms with van der Waals surface area (Å²) < 4.78 is 34.4. The van der Waals surface area contributed by atoms with E-state index in [1.165, 1.54) is 25.7 Å². The molecule has 0 bridgehead atoms. The van der Waals surface area contributed by atoms with E-state index in [0.29, 0.717) is 24.0 Å². The Morgan fingerprint density at radius 3 is 2.28 bits per heavy atom. The third kappa shape index (κ3) is 5.33. The van der Waals surface area contributed by atoms with Crippen molar-refractivity contribution in [3.05, 3.63) is 53.6 Å². The van der Waals surface area contributed by atoms with E-state index in [1.807, 2.05) is 45.9 Å². The Kier molecular flexibility index (Phi) is 6.89. The van der Waals surface area contributed by atoms with Gasteiger partial charge in [0.1, 0.15) is 5.75 Å². The molecule has 2 aromatic rings. The van der Waals surface area contributed by atoms with E-state index in [0.717, 1.165) is 22.6 Å². The largest absolute Gasteiger partial charge is 0.493 e. The van der Waals surface area contributed by atoms with Crippen LogP contribution in [0.1, 0.15) is 50.7 Å². The van der Waals surface area contributed by atoms with Crippen molar-refractivity contribution in [1.82, 2.24) is 0 Å². The summed E-state index contributed by atoms with van der Waals surface area (Å²) in [4.78, 5) is 0.298. The summed E-state index contributed by atoms with van der Waals surface area (Å²) >= 11 is 0. The molecule has 0 radical (unpaired) electrons. The van der Waals surface area contributed by atoms with Crippen molar-refractivity contribution in [2.75, 3.05) is 17.5 Å². The number of aryl methyl sites for hydroxylation is 2. The monoisotopic (exact) mass is 415 g/mol. The lowest BCUT2D eigenvalue weighted by molar-refractivity contribution is 0.252. The molecule has 5 heteroatoms. The van der Waals surface area contributed by atoms with Gasteiger partial charge >= 0.3 is 0 Å². The first-order valence-corrected chi connectivity index (χ1v) is 12.0. The van der Waals surface area contributed by atoms with E-state index in [9.17, 15) is 8.42 Å². The molecule has 4 nitrogen and oxygen atoms in total. The molecule has 0 aromatic heterocycles. The van der Waals surface area contributed by atoms with Crippen molar-refractivity contribution in [3.63, 3.8) is 0 Å². The summed E-state index contributed by atoms with van der Waals surface area (Å²) in [5.74, 6) is 1.57. The highest BCUT2D eigenvalue weighted by atomic mass is 32.2. The molecule has 1 aliphatic rings. The average molecular weight is 416 g/mol. The summed E-state index contributed by atoms with van der Waals surface area (Å²) in [7, 11) is -3.65. The van der Waals surface area contributed by atoms with Gasteiger partial charge in [-0.25, -0.2) is 8.42 Å². The van der Waals surface area contributed by atoms with Crippen LogP contribution in [-0.4, -0.2) is 21.6 Å². The van der Waals surface area contributed by atoms with Gasteiger partial charge in [0.25, 0.3) is 10.0 Å². The molecule has 1 aliphatic carbocycles. The zero-order chi connectivity index (χ0) is 21.0. The molecular formula is C24H33NO3S. The third-order valence-electron chi connectivity index (χ3n) is 5.52. The van der Waals surface area contributed by atoms with Gasteiger partial charge < -0.3 is 4.74 Å². The second-order valence-electron chi connectivity index (χ2n) is 8.65. The molecule has 1 saturated carbocycles. The maximum atomic E-state index is 13.5. The average Bonchev–Trinajstić information content (AvgIpc) is 3.19. The molecule has 0 heterocycles. The van der Waals surface area contributed by atoms with Gasteiger partial charge in [0.2, 0.25) is 0 Å². The van der Waals surface area contributed by atoms with Gasteiger partial charge in [0.15, 0.2) is 0 Å². The summed E-state index contributed by atoms with van der Waals surface area (Å²) in [6, 6.07) is 12.8. The molecule has 0 spiro atoms. The summed E-state index contributed by atoms with van der Waals surface area (Å²) in [6.45, 7) is 9.20. The minimum absolute atomic E-state index is 0.208. The van der Waals surface area contributed by atoms with E-state index >= 15 is 0 Å². The molecular weight excluding hydrogens is 382 g/mol. The Labute approximate surface area is 175 Å². The van der Waals surface area contributed by atoms with Crippen LogP contribution < -0.4 is 9.04 Å². The second-order valence-corrected chi connectivity index (χ2v) is 10.5. The zero-order valence-corrected chi connectivity index (χ0v) is 18.8. The van der Waals surface area contributed by atoms with Gasteiger partial charge in [0.05, 0.1) is 17.2 Å². The Hall–Kier alpha value is -2.01. The second kappa shape index (κ2) is 9.21. The predicted molar refractivity (Wildman–Crippen MR) is 119 cm³/mol. The number of benzene rings is 2. The van der Waals surface area contributed by atoms with E-state index in [4.69, 9.17) is 4.74 Å². The Bertz CT molecular complexity index is 914. The Morgan fingerprint density at radius 1 is 1.03 bits per heavy atom. The summed E-state index contributed by atoms with van der Waals surface area (Å²) in [5, 5.41) is 0. The Morgan fingerprint density at radius 2 is 1.69 bits per heavy atom. The maximum Gasteiger partial charge on any atom is 0.264 e. The smallest absolute Gasteiger partial charge is 0.264 e. The quantitative estimate of drug-likeness (QED) is 0.554. The van der Waals surface area contributed by atoms with Crippen molar-refractivity contribution in [2.45, 2.75) is 58.3 Å². The minimum atomic E-state index is -3.65. The molecule has 1 fully saturated rings. The van der Waals surface area contributed by atoms with E-state index in [2.05, 4.69) is 0 Å². The lowest BCUT2D eigenvalue weighted by Crippen LogP contribution is -2.34. The summed E-state index contributed by atoms with van der Waals surface area (Å²) in [5.41, 5.74) is 2.83. The lowest BCUT2D eigenvalue weighted by atomic mass is 10.1. The van der Waals surface area contributed by atoms with Gasteiger partial charge in [-0.15, -0.1) is 0 Å². The fraction of sp³-hybridized carbons (Fsp3) is 0.500. The van der Waals surface area contributed by atoms with Crippen LogP contribution in [0.25, 0.3) is 0 Å². The van der Waals surface area contributed by atoms with Crippen LogP contribution in [0, 0.1) is 25.7 Å². The van der Waals surface area contributed by atoms with Gasteiger partial charge in [-0.05, 0) is 74.4 Å². The third-order valence-corrected chi connectivity index (χ3v) is 7.32. The topological polar surface area (TPSA) is 46.6 Å². The molecule has 0 amide bonds. The first-order chi connectivity index (χ1) is 13.8. The van der Waals surface area contributed by atoms with E-state index < -0.39 is 10.0 Å². The molecule has 0 unspecified atom stereocenters. The number of ether oxygens (including phenoxy) is 1. The first kappa shape index (κ1) is 21.7. The summed E-state index contributed by atoms with van der Waals surface area (Å²) in [6.07, 6.45) is 5.03. The van der Waals surface area contributed by atoms with Crippen molar-refractivity contribution in [3.8, 4) is 5.75 Å². The Balaban J connectivity index is 1.83. The minimum Gasteiger partial charge on any atom is -0.493 e. The molecule has 3 rings (SSSR count). The predicted octanol–water partition coefficient (Wildman–Crippen LogP) is 5.72. The fourth-order valence-electron chi connectivity index (χ4n) is 3.97. The fourth-order valence-corrected chi connectivity index (χ4v) is 5.66. The van der Waals surface area contributed by atoms with Gasteiger partial charge in [0, 0.05) is 6.54 Å². The van der Waals surface area contributed by atoms with Gasteiger partial charge in [-0.3, -0.25) is 4.31 Å². The van der Waals surface area contributed by atoms with Gasteiger partial charge in [-0.2, -0.15) is 0 Å². The highest BCUT2D eigenvalue weighted by Crippen LogP contribution is 2.30. The number of hydrogen-bond donors (Lipinski definition) is 0. The van der Waals surface area contributed by atoms with E-state index in [-0.39, 0.29) is 5.92 Å². The van der Waals surface area contributed by atoms with Crippen LogP contribution in [0.3, 0.4) is 0 Å². The highest BCUT2D eigenvalue weighted by molar-refractivity contribution is 7.92. The van der Waals surface area contributed by atoms with Crippen molar-refractivity contribution < 1.29 is 13.2 Å². The van der Waals surface area contributed by atoms with Crippen LogP contribution in [0.5, 0.6) is 5.75 Å². The number of hydrogen-bond acceptors (Lipinski definition) is 3. The number of sulfonamides is 1. The number of nitrogens with zero attached hydrogens (tertiary/aromatic N) is 1. The molecule has 0 saturated heterocycles. The zero-order valence-electron chi connectivity index (χ0n) is 18.0. The van der Waals surface area contributed by atoms with Crippen LogP contribution in [0.15, 0.2) is 47.4 Å². The van der Waals surface area contributed by atoms with Crippen LogP contribution in [-0.2, 0) is 10.0 Å². The molecule has 0 N–H and O–H groups in total. The van der Waals surface area contributed by atoms with Crippen LogP contribution in [0.2, 0.25) is 0 Å². The molecule has 2 aromatic carbocycles. The molecule has 158 valence electrons. The number of rotatable bonds is 8. The van der Waals surface area contributed by atoms with Crippen molar-refractivity contribution >= 4 is 15.7 Å². The first-order valence-electron chi connectivity index (χ1n) is 10.6. The van der Waals surface area contributed by atoms with Crippen molar-refractivity contribution in [1.29, 1.82) is 0 Å². The van der Waals surface area contributed by atoms with E-state index in [1.54, 1.807) is 28.6 Å². The van der Waals surface area contributed by atoms with Crippen LogP contribution >= 0.6 is 0 Å². The number of anilines is 1. The lowest BCUT2D eigenvalue weighted by Gasteiger charge is -2.28. The molecule has 0 atom stereocenters. The van der Waals surface area contributed by atoms with Crippen LogP contribution in [0.4, 0.5) is 5.69 Å².